The lowest BCUT2D eigenvalue weighted by Gasteiger charge is -2.06. The van der Waals surface area contributed by atoms with E-state index >= 15 is 0 Å². The van der Waals surface area contributed by atoms with Crippen LogP contribution in [0.5, 0.6) is 0 Å². The molecule has 0 amide bonds. The minimum absolute atomic E-state index is 1.08. The summed E-state index contributed by atoms with van der Waals surface area (Å²) in [6.45, 7) is 7.63. The first-order valence-corrected chi connectivity index (χ1v) is 6.57. The summed E-state index contributed by atoms with van der Waals surface area (Å²) in [6.07, 6.45) is 4.70. The molecule has 2 heteroatoms. The Hall–Kier alpha value is -1.28. The molecule has 0 aliphatic carbocycles. The largest absolute Gasteiger partial charge is 0.347 e. The van der Waals surface area contributed by atoms with E-state index in [2.05, 4.69) is 54.2 Å². The van der Waals surface area contributed by atoms with Gasteiger partial charge in [-0.3, -0.25) is 0 Å². The van der Waals surface area contributed by atoms with Crippen molar-refractivity contribution in [2.45, 2.75) is 33.2 Å². The lowest BCUT2D eigenvalue weighted by atomic mass is 10.2. The molecule has 1 aromatic carbocycles. The van der Waals surface area contributed by atoms with Gasteiger partial charge in [-0.25, -0.2) is 0 Å². The summed E-state index contributed by atoms with van der Waals surface area (Å²) in [5, 5.41) is 4.72. The molecule has 92 valence electrons. The van der Waals surface area contributed by atoms with Crippen LogP contribution < -0.4 is 5.32 Å². The number of benzene rings is 1. The summed E-state index contributed by atoms with van der Waals surface area (Å²) < 4.78 is 2.36. The van der Waals surface area contributed by atoms with Gasteiger partial charge in [0.1, 0.15) is 0 Å². The summed E-state index contributed by atoms with van der Waals surface area (Å²) in [5.74, 6) is 0. The maximum absolute atomic E-state index is 3.36. The molecule has 0 radical (unpaired) electrons. The molecule has 1 aromatic heterocycles. The molecule has 0 aliphatic heterocycles. The van der Waals surface area contributed by atoms with E-state index in [1.54, 1.807) is 0 Å². The minimum Gasteiger partial charge on any atom is -0.347 e. The summed E-state index contributed by atoms with van der Waals surface area (Å²) in [5.41, 5.74) is 2.70. The predicted octanol–water partition coefficient (Wildman–Crippen LogP) is 3.34. The fourth-order valence-corrected chi connectivity index (χ4v) is 2.22. The first kappa shape index (κ1) is 12.2. The van der Waals surface area contributed by atoms with Crippen LogP contribution in [0.2, 0.25) is 0 Å². The van der Waals surface area contributed by atoms with Crippen molar-refractivity contribution in [3.8, 4) is 0 Å². The van der Waals surface area contributed by atoms with Crippen LogP contribution in [0.25, 0.3) is 10.9 Å². The van der Waals surface area contributed by atoms with Crippen molar-refractivity contribution in [3.63, 3.8) is 0 Å². The summed E-state index contributed by atoms with van der Waals surface area (Å²) >= 11 is 0. The van der Waals surface area contributed by atoms with Gasteiger partial charge in [0.05, 0.1) is 0 Å². The predicted molar refractivity (Wildman–Crippen MR) is 74.5 cm³/mol. The van der Waals surface area contributed by atoms with Gasteiger partial charge >= 0.3 is 0 Å². The molecule has 1 N–H and O–H groups in total. The molecule has 0 unspecified atom stereocenters. The zero-order valence-corrected chi connectivity index (χ0v) is 10.9. The number of unbranched alkanes of at least 4 members (excludes halogenated alkanes) is 1. The Morgan fingerprint density at radius 2 is 2.06 bits per heavy atom. The Balaban J connectivity index is 1.95. The number of rotatable bonds is 6. The number of fused-ring (bicyclic) bond motifs is 1. The van der Waals surface area contributed by atoms with Crippen LogP contribution in [0.15, 0.2) is 30.5 Å². The average Bonchev–Trinajstić information content (AvgIpc) is 2.71. The van der Waals surface area contributed by atoms with E-state index in [1.807, 2.05) is 0 Å². The van der Waals surface area contributed by atoms with Crippen molar-refractivity contribution in [2.24, 2.45) is 0 Å². The van der Waals surface area contributed by atoms with Crippen LogP contribution >= 0.6 is 0 Å². The second-order valence-electron chi connectivity index (χ2n) is 4.63. The standard InChI is InChI=1S/C15H22N2/c1-3-16-9-4-5-10-17-11-8-14-12-13(2)6-7-15(14)17/h6-8,11-12,16H,3-5,9-10H2,1-2H3. The van der Waals surface area contributed by atoms with Crippen LogP contribution in [0.4, 0.5) is 0 Å². The summed E-state index contributed by atoms with van der Waals surface area (Å²) in [6, 6.07) is 8.89. The maximum atomic E-state index is 3.36. The van der Waals surface area contributed by atoms with Gasteiger partial charge in [0.2, 0.25) is 0 Å². The third-order valence-electron chi connectivity index (χ3n) is 3.18. The quantitative estimate of drug-likeness (QED) is 0.753. The smallest absolute Gasteiger partial charge is 0.0480 e. The van der Waals surface area contributed by atoms with Crippen molar-refractivity contribution in [2.75, 3.05) is 13.1 Å². The Morgan fingerprint density at radius 3 is 2.88 bits per heavy atom. The Bertz CT molecular complexity index is 471. The number of nitrogens with zero attached hydrogens (tertiary/aromatic N) is 1. The topological polar surface area (TPSA) is 17.0 Å². The van der Waals surface area contributed by atoms with Crippen molar-refractivity contribution in [3.05, 3.63) is 36.0 Å². The molecule has 2 rings (SSSR count). The van der Waals surface area contributed by atoms with Gasteiger partial charge in [0.15, 0.2) is 0 Å². The van der Waals surface area contributed by atoms with Crippen molar-refractivity contribution >= 4 is 10.9 Å². The fourth-order valence-electron chi connectivity index (χ4n) is 2.22. The molecule has 2 aromatic rings. The average molecular weight is 230 g/mol. The molecule has 0 saturated carbocycles. The van der Waals surface area contributed by atoms with E-state index in [0.717, 1.165) is 19.6 Å². The van der Waals surface area contributed by atoms with E-state index in [0.29, 0.717) is 0 Å². The molecule has 0 saturated heterocycles. The van der Waals surface area contributed by atoms with E-state index in [-0.39, 0.29) is 0 Å². The second kappa shape index (κ2) is 5.87. The van der Waals surface area contributed by atoms with Gasteiger partial charge in [-0.2, -0.15) is 0 Å². The molecule has 2 nitrogen and oxygen atoms in total. The zero-order valence-electron chi connectivity index (χ0n) is 10.9. The highest BCUT2D eigenvalue weighted by molar-refractivity contribution is 5.80. The van der Waals surface area contributed by atoms with Gasteiger partial charge < -0.3 is 9.88 Å². The first-order valence-electron chi connectivity index (χ1n) is 6.57. The lowest BCUT2D eigenvalue weighted by Crippen LogP contribution is -2.14. The van der Waals surface area contributed by atoms with Crippen LogP contribution in [0.3, 0.4) is 0 Å². The third kappa shape index (κ3) is 3.10. The fraction of sp³-hybridized carbons (Fsp3) is 0.467. The second-order valence-corrected chi connectivity index (χ2v) is 4.63. The highest BCUT2D eigenvalue weighted by Crippen LogP contribution is 2.17. The zero-order chi connectivity index (χ0) is 12.1. The van der Waals surface area contributed by atoms with E-state index in [4.69, 9.17) is 0 Å². The number of nitrogens with one attached hydrogen (secondary N) is 1. The monoisotopic (exact) mass is 230 g/mol. The number of aromatic nitrogens is 1. The van der Waals surface area contributed by atoms with Crippen molar-refractivity contribution in [1.29, 1.82) is 0 Å². The van der Waals surface area contributed by atoms with Gasteiger partial charge in [0.25, 0.3) is 0 Å². The maximum Gasteiger partial charge on any atom is 0.0480 e. The van der Waals surface area contributed by atoms with Crippen molar-refractivity contribution in [1.82, 2.24) is 9.88 Å². The number of aryl methyl sites for hydroxylation is 2. The van der Waals surface area contributed by atoms with Gasteiger partial charge in [-0.15, -0.1) is 0 Å². The van der Waals surface area contributed by atoms with E-state index in [1.165, 1.54) is 29.3 Å². The van der Waals surface area contributed by atoms with Crippen LogP contribution in [-0.2, 0) is 6.54 Å². The van der Waals surface area contributed by atoms with Crippen LogP contribution in [0.1, 0.15) is 25.3 Å². The molecule has 0 atom stereocenters. The first-order chi connectivity index (χ1) is 8.31. The minimum atomic E-state index is 1.08. The third-order valence-corrected chi connectivity index (χ3v) is 3.18. The number of hydrogen-bond acceptors (Lipinski definition) is 1. The molecular formula is C15H22N2. The molecule has 0 spiro atoms. The highest BCUT2D eigenvalue weighted by atomic mass is 14.9. The normalized spacial score (nSPS) is 11.2. The molecule has 0 fully saturated rings. The molecule has 17 heavy (non-hydrogen) atoms. The Labute approximate surface area is 104 Å². The summed E-state index contributed by atoms with van der Waals surface area (Å²) in [4.78, 5) is 0. The van der Waals surface area contributed by atoms with Gasteiger partial charge in [0, 0.05) is 18.3 Å². The Morgan fingerprint density at radius 1 is 1.18 bits per heavy atom. The molecule has 0 bridgehead atoms. The van der Waals surface area contributed by atoms with Crippen LogP contribution in [-0.4, -0.2) is 17.7 Å². The molecular weight excluding hydrogens is 208 g/mol. The van der Waals surface area contributed by atoms with E-state index < -0.39 is 0 Å². The van der Waals surface area contributed by atoms with Gasteiger partial charge in [-0.05, 0) is 56.4 Å². The van der Waals surface area contributed by atoms with Crippen molar-refractivity contribution < 1.29 is 0 Å². The Kier molecular flexibility index (Phi) is 4.21. The van der Waals surface area contributed by atoms with Gasteiger partial charge in [-0.1, -0.05) is 18.6 Å². The molecule has 0 aliphatic rings. The highest BCUT2D eigenvalue weighted by Gasteiger charge is 2.00. The van der Waals surface area contributed by atoms with Crippen LogP contribution in [0, 0.1) is 6.92 Å². The van der Waals surface area contributed by atoms with E-state index in [9.17, 15) is 0 Å². The lowest BCUT2D eigenvalue weighted by molar-refractivity contribution is 0.586. The molecule has 1 heterocycles. The number of hydrogen-bond donors (Lipinski definition) is 1. The SMILES string of the molecule is CCNCCCCn1ccc2cc(C)ccc21. The summed E-state index contributed by atoms with van der Waals surface area (Å²) in [7, 11) is 0.